The third kappa shape index (κ3) is 4.09. The van der Waals surface area contributed by atoms with Crippen LogP contribution in [0.2, 0.25) is 5.02 Å². The van der Waals surface area contributed by atoms with Crippen LogP contribution in [0.15, 0.2) is 53.5 Å². The number of benzene rings is 2. The molecule has 2 aromatic rings. The van der Waals surface area contributed by atoms with Crippen molar-refractivity contribution in [3.63, 3.8) is 0 Å². The molecule has 0 saturated carbocycles. The number of hydrogen-bond donors (Lipinski definition) is 2. The highest BCUT2D eigenvalue weighted by atomic mass is 35.5. The summed E-state index contributed by atoms with van der Waals surface area (Å²) in [6.45, 7) is 2.36. The molecule has 2 N–H and O–H groups in total. The highest BCUT2D eigenvalue weighted by Crippen LogP contribution is 2.36. The van der Waals surface area contributed by atoms with E-state index in [0.717, 1.165) is 30.1 Å². The maximum Gasteiger partial charge on any atom is 0.253 e. The van der Waals surface area contributed by atoms with Crippen molar-refractivity contribution in [3.8, 4) is 0 Å². The number of anilines is 2. The molecule has 2 aliphatic heterocycles. The van der Waals surface area contributed by atoms with E-state index in [2.05, 4.69) is 10.6 Å². The summed E-state index contributed by atoms with van der Waals surface area (Å²) in [5.41, 5.74) is 2.17. The van der Waals surface area contributed by atoms with Crippen LogP contribution in [0.5, 0.6) is 0 Å². The number of carbonyl (C=O) groups excluding carboxylic acids is 1. The Kier molecular flexibility index (Phi) is 5.74. The van der Waals surface area contributed by atoms with Crippen LogP contribution in [0.1, 0.15) is 23.2 Å². The lowest BCUT2D eigenvalue weighted by Crippen LogP contribution is -2.62. The van der Waals surface area contributed by atoms with Gasteiger partial charge in [0.1, 0.15) is 11.4 Å². The first kappa shape index (κ1) is 19.7. The molecule has 1 unspecified atom stereocenters. The van der Waals surface area contributed by atoms with E-state index in [4.69, 9.17) is 21.3 Å². The van der Waals surface area contributed by atoms with E-state index in [1.165, 1.54) is 0 Å². The average Bonchev–Trinajstić information content (AvgIpc) is 2.74. The summed E-state index contributed by atoms with van der Waals surface area (Å²) in [5.74, 6) is 0.848. The summed E-state index contributed by atoms with van der Waals surface area (Å²) in [6.07, 6.45) is 1.77. The first-order valence-electron chi connectivity index (χ1n) is 9.84. The number of fused-ring (bicyclic) bond motifs is 1. The molecule has 1 saturated heterocycles. The first-order chi connectivity index (χ1) is 14.1. The van der Waals surface area contributed by atoms with Crippen LogP contribution in [-0.2, 0) is 4.74 Å². The topological polar surface area (TPSA) is 66.0 Å². The summed E-state index contributed by atoms with van der Waals surface area (Å²) in [4.78, 5) is 19.8. The van der Waals surface area contributed by atoms with Gasteiger partial charge in [-0.05, 0) is 43.2 Å². The quantitative estimate of drug-likeness (QED) is 0.747. The number of hydrogen-bond acceptors (Lipinski definition) is 4. The summed E-state index contributed by atoms with van der Waals surface area (Å²) in [7, 11) is 1.67. The number of carbonyl (C=O) groups is 1. The van der Waals surface area contributed by atoms with Crippen molar-refractivity contribution in [1.82, 2.24) is 4.90 Å². The minimum Gasteiger partial charge on any atom is -0.383 e. The van der Waals surface area contributed by atoms with Crippen LogP contribution in [0.3, 0.4) is 0 Å². The average molecular weight is 413 g/mol. The van der Waals surface area contributed by atoms with Crippen molar-refractivity contribution >= 4 is 34.7 Å². The number of rotatable bonds is 4. The van der Waals surface area contributed by atoms with Crippen molar-refractivity contribution in [2.45, 2.75) is 18.4 Å². The Labute approximate surface area is 175 Å². The Morgan fingerprint density at radius 2 is 2.07 bits per heavy atom. The molecule has 2 heterocycles. The van der Waals surface area contributed by atoms with Crippen LogP contribution in [0.25, 0.3) is 0 Å². The van der Waals surface area contributed by atoms with Crippen molar-refractivity contribution < 1.29 is 9.53 Å². The van der Waals surface area contributed by atoms with Crippen molar-refractivity contribution in [2.24, 2.45) is 4.99 Å². The molecule has 2 aliphatic rings. The minimum atomic E-state index is -0.450. The zero-order valence-corrected chi connectivity index (χ0v) is 17.2. The maximum atomic E-state index is 13.1. The van der Waals surface area contributed by atoms with Crippen LogP contribution in [-0.4, -0.2) is 55.5 Å². The molecule has 0 aliphatic carbocycles. The molecule has 4 rings (SSSR count). The number of amides is 1. The van der Waals surface area contributed by atoms with Crippen molar-refractivity contribution in [3.05, 3.63) is 59.1 Å². The van der Waals surface area contributed by atoms with Crippen LogP contribution < -0.4 is 10.6 Å². The van der Waals surface area contributed by atoms with E-state index >= 15 is 0 Å². The molecule has 1 fully saturated rings. The number of likely N-dealkylation sites (tertiary alicyclic amines) is 1. The zero-order chi connectivity index (χ0) is 20.3. The lowest BCUT2D eigenvalue weighted by Gasteiger charge is -2.47. The number of nitrogens with zero attached hydrogens (tertiary/aromatic N) is 2. The van der Waals surface area contributed by atoms with E-state index in [1.54, 1.807) is 19.2 Å². The third-order valence-electron chi connectivity index (χ3n) is 5.42. The molecule has 0 bridgehead atoms. The Bertz CT molecular complexity index is 933. The number of para-hydroxylation sites is 2. The number of amidine groups is 1. The second-order valence-corrected chi connectivity index (χ2v) is 7.88. The summed E-state index contributed by atoms with van der Waals surface area (Å²) in [6, 6.07) is 15.2. The molecule has 152 valence electrons. The highest BCUT2D eigenvalue weighted by molar-refractivity contribution is 6.31. The van der Waals surface area contributed by atoms with Gasteiger partial charge in [-0.25, -0.2) is 0 Å². The van der Waals surface area contributed by atoms with Gasteiger partial charge < -0.3 is 20.3 Å². The fourth-order valence-corrected chi connectivity index (χ4v) is 4.22. The molecule has 1 amide bonds. The van der Waals surface area contributed by atoms with E-state index in [-0.39, 0.29) is 5.91 Å². The lowest BCUT2D eigenvalue weighted by molar-refractivity contribution is 0.0694. The summed E-state index contributed by atoms with van der Waals surface area (Å²) >= 11 is 6.10. The van der Waals surface area contributed by atoms with Gasteiger partial charge in [0.25, 0.3) is 5.91 Å². The molecule has 7 heteroatoms. The molecular formula is C22H25ClN4O2. The van der Waals surface area contributed by atoms with Gasteiger partial charge in [-0.1, -0.05) is 29.8 Å². The summed E-state index contributed by atoms with van der Waals surface area (Å²) in [5, 5.41) is 7.75. The second-order valence-electron chi connectivity index (χ2n) is 7.44. The zero-order valence-electron chi connectivity index (χ0n) is 16.5. The Hall–Kier alpha value is -2.57. The van der Waals surface area contributed by atoms with E-state index in [9.17, 15) is 4.79 Å². The van der Waals surface area contributed by atoms with E-state index < -0.39 is 5.54 Å². The Balaban J connectivity index is 1.64. The van der Waals surface area contributed by atoms with Gasteiger partial charge in [-0.2, -0.15) is 0 Å². The predicted molar refractivity (Wildman–Crippen MR) is 117 cm³/mol. The van der Waals surface area contributed by atoms with Gasteiger partial charge in [0.05, 0.1) is 31.1 Å². The number of ether oxygens (including phenoxy) is 1. The van der Waals surface area contributed by atoms with Gasteiger partial charge >= 0.3 is 0 Å². The number of halogens is 1. The van der Waals surface area contributed by atoms with E-state index in [1.807, 2.05) is 41.3 Å². The Morgan fingerprint density at radius 3 is 2.86 bits per heavy atom. The fraction of sp³-hybridized carbons (Fsp3) is 0.364. The number of methoxy groups -OCH3 is 1. The second kappa shape index (κ2) is 8.43. The third-order valence-corrected chi connectivity index (χ3v) is 5.66. The highest BCUT2D eigenvalue weighted by Gasteiger charge is 2.44. The Morgan fingerprint density at radius 1 is 1.24 bits per heavy atom. The maximum absolute atomic E-state index is 13.1. The van der Waals surface area contributed by atoms with Crippen molar-refractivity contribution in [2.75, 3.05) is 44.0 Å². The smallest absolute Gasteiger partial charge is 0.253 e. The van der Waals surface area contributed by atoms with Crippen LogP contribution >= 0.6 is 11.6 Å². The largest absolute Gasteiger partial charge is 0.383 e. The monoisotopic (exact) mass is 412 g/mol. The molecule has 2 aromatic carbocycles. The molecular weight excluding hydrogens is 388 g/mol. The van der Waals surface area contributed by atoms with Gasteiger partial charge in [0.2, 0.25) is 0 Å². The summed E-state index contributed by atoms with van der Waals surface area (Å²) < 4.78 is 5.17. The number of piperidine rings is 1. The molecule has 6 nitrogen and oxygen atoms in total. The SMILES string of the molecule is COCCN=C1Nc2ccccc2NC12CCCN(C(=O)c1cccc(Cl)c1)C2. The fourth-order valence-electron chi connectivity index (χ4n) is 4.03. The first-order valence-corrected chi connectivity index (χ1v) is 10.2. The standard InChI is InChI=1S/C22H25ClN4O2/c1-29-13-11-24-21-22(26-19-9-3-2-8-18(19)25-21)10-5-12-27(15-22)20(28)16-6-4-7-17(23)14-16/h2-4,6-9,14,26H,5,10-13,15H2,1H3,(H,24,25). The van der Waals surface area contributed by atoms with Gasteiger partial charge in [0, 0.05) is 24.2 Å². The molecule has 29 heavy (non-hydrogen) atoms. The number of aliphatic imine (C=N–C) groups is 1. The number of nitrogens with one attached hydrogen (secondary N) is 2. The minimum absolute atomic E-state index is 0.0107. The normalized spacial score (nSPS) is 22.1. The molecule has 1 spiro atoms. The van der Waals surface area contributed by atoms with Crippen LogP contribution in [0, 0.1) is 0 Å². The van der Waals surface area contributed by atoms with E-state index in [0.29, 0.717) is 36.8 Å². The van der Waals surface area contributed by atoms with Crippen molar-refractivity contribution in [1.29, 1.82) is 0 Å². The van der Waals surface area contributed by atoms with Gasteiger partial charge in [-0.3, -0.25) is 9.79 Å². The molecule has 1 atom stereocenters. The predicted octanol–water partition coefficient (Wildman–Crippen LogP) is 3.90. The van der Waals surface area contributed by atoms with Crippen LogP contribution in [0.4, 0.5) is 11.4 Å². The molecule has 0 radical (unpaired) electrons. The molecule has 0 aromatic heterocycles. The van der Waals surface area contributed by atoms with Gasteiger partial charge in [-0.15, -0.1) is 0 Å². The lowest BCUT2D eigenvalue weighted by atomic mass is 9.85. The van der Waals surface area contributed by atoms with Gasteiger partial charge in [0.15, 0.2) is 0 Å².